The first-order valence-electron chi connectivity index (χ1n) is 6.39. The molecule has 1 aliphatic rings. The highest BCUT2D eigenvalue weighted by Crippen LogP contribution is 2.31. The molecule has 98 valence electrons. The second-order valence-electron chi connectivity index (χ2n) is 5.14. The molecule has 0 saturated heterocycles. The van der Waals surface area contributed by atoms with E-state index in [1.165, 1.54) is 18.3 Å². The minimum absolute atomic E-state index is 0.0798. The number of esters is 1. The van der Waals surface area contributed by atoms with Crippen molar-refractivity contribution in [2.45, 2.75) is 39.2 Å². The van der Waals surface area contributed by atoms with Gasteiger partial charge in [0.1, 0.15) is 11.7 Å². The van der Waals surface area contributed by atoms with E-state index in [0.717, 1.165) is 19.3 Å². The van der Waals surface area contributed by atoms with Gasteiger partial charge in [0, 0.05) is 6.20 Å². The molecule has 1 aliphatic carbocycles. The Balaban J connectivity index is 1.98. The molecule has 2 rings (SSSR count). The van der Waals surface area contributed by atoms with Crippen LogP contribution in [-0.2, 0) is 4.74 Å². The van der Waals surface area contributed by atoms with Gasteiger partial charge in [-0.2, -0.15) is 4.39 Å². The summed E-state index contributed by atoms with van der Waals surface area (Å²) in [6.07, 6.45) is 3.99. The van der Waals surface area contributed by atoms with Gasteiger partial charge in [-0.25, -0.2) is 9.78 Å². The number of ether oxygens (including phenoxy) is 1. The van der Waals surface area contributed by atoms with Crippen molar-refractivity contribution in [1.82, 2.24) is 4.98 Å². The number of aromatic nitrogens is 1. The molecular formula is C14H18FNO2. The second kappa shape index (κ2) is 5.46. The third-order valence-corrected chi connectivity index (χ3v) is 3.80. The van der Waals surface area contributed by atoms with Crippen LogP contribution < -0.4 is 0 Å². The van der Waals surface area contributed by atoms with E-state index in [0.29, 0.717) is 11.8 Å². The van der Waals surface area contributed by atoms with Gasteiger partial charge in [0.2, 0.25) is 5.95 Å². The quantitative estimate of drug-likeness (QED) is 0.598. The van der Waals surface area contributed by atoms with E-state index in [1.807, 2.05) is 0 Å². The highest BCUT2D eigenvalue weighted by molar-refractivity contribution is 5.89. The molecule has 3 nitrogen and oxygen atoms in total. The van der Waals surface area contributed by atoms with E-state index >= 15 is 0 Å². The Morgan fingerprint density at radius 3 is 2.83 bits per heavy atom. The molecule has 0 aliphatic heterocycles. The average Bonchev–Trinajstić information content (AvgIpc) is 2.34. The zero-order valence-electron chi connectivity index (χ0n) is 10.7. The van der Waals surface area contributed by atoms with Crippen molar-refractivity contribution in [3.63, 3.8) is 0 Å². The summed E-state index contributed by atoms with van der Waals surface area (Å²) in [6.45, 7) is 4.37. The molecule has 0 bridgehead atoms. The number of carbonyl (C=O) groups is 1. The summed E-state index contributed by atoms with van der Waals surface area (Å²) >= 11 is 0. The molecule has 1 aromatic heterocycles. The van der Waals surface area contributed by atoms with Gasteiger partial charge in [0.05, 0.1) is 0 Å². The Hall–Kier alpha value is -1.45. The van der Waals surface area contributed by atoms with Gasteiger partial charge in [-0.15, -0.1) is 0 Å². The molecule has 3 unspecified atom stereocenters. The average molecular weight is 251 g/mol. The number of halogens is 1. The molecule has 1 heterocycles. The Morgan fingerprint density at radius 1 is 1.39 bits per heavy atom. The monoisotopic (exact) mass is 251 g/mol. The predicted octanol–water partition coefficient (Wildman–Crippen LogP) is 3.20. The van der Waals surface area contributed by atoms with Crippen LogP contribution in [0.5, 0.6) is 0 Å². The molecular weight excluding hydrogens is 233 g/mol. The van der Waals surface area contributed by atoms with Gasteiger partial charge in [0.15, 0.2) is 0 Å². The first-order valence-corrected chi connectivity index (χ1v) is 6.39. The van der Waals surface area contributed by atoms with E-state index < -0.39 is 11.9 Å². The molecule has 1 fully saturated rings. The van der Waals surface area contributed by atoms with Crippen LogP contribution in [0.1, 0.15) is 43.5 Å². The molecule has 18 heavy (non-hydrogen) atoms. The lowest BCUT2D eigenvalue weighted by atomic mass is 9.80. The SMILES string of the molecule is CC1CCC(OC(=O)c2cccnc2F)CC1C. The van der Waals surface area contributed by atoms with Crippen LogP contribution in [0, 0.1) is 17.8 Å². The second-order valence-corrected chi connectivity index (χ2v) is 5.14. The summed E-state index contributed by atoms with van der Waals surface area (Å²) < 4.78 is 18.7. The normalized spacial score (nSPS) is 27.8. The lowest BCUT2D eigenvalue weighted by Gasteiger charge is -2.31. The van der Waals surface area contributed by atoms with Crippen molar-refractivity contribution in [1.29, 1.82) is 0 Å². The van der Waals surface area contributed by atoms with Crippen molar-refractivity contribution >= 4 is 5.97 Å². The summed E-state index contributed by atoms with van der Waals surface area (Å²) in [5.41, 5.74) is -0.0798. The smallest absolute Gasteiger partial charge is 0.343 e. The maximum Gasteiger partial charge on any atom is 0.343 e. The fourth-order valence-corrected chi connectivity index (χ4v) is 2.36. The van der Waals surface area contributed by atoms with E-state index in [4.69, 9.17) is 4.74 Å². The van der Waals surface area contributed by atoms with Crippen molar-refractivity contribution in [3.8, 4) is 0 Å². The summed E-state index contributed by atoms with van der Waals surface area (Å²) in [6, 6.07) is 2.94. The first-order chi connectivity index (χ1) is 8.58. The van der Waals surface area contributed by atoms with E-state index in [2.05, 4.69) is 18.8 Å². The summed E-state index contributed by atoms with van der Waals surface area (Å²) in [4.78, 5) is 15.3. The molecule has 1 saturated carbocycles. The molecule has 3 atom stereocenters. The molecule has 0 aromatic carbocycles. The van der Waals surface area contributed by atoms with E-state index in [-0.39, 0.29) is 11.7 Å². The fourth-order valence-electron chi connectivity index (χ4n) is 2.36. The standard InChI is InChI=1S/C14H18FNO2/c1-9-5-6-11(8-10(9)2)18-14(17)12-4-3-7-16-13(12)15/h3-4,7,9-11H,5-6,8H2,1-2H3. The Morgan fingerprint density at radius 2 is 2.17 bits per heavy atom. The lowest BCUT2D eigenvalue weighted by molar-refractivity contribution is 0.00825. The third kappa shape index (κ3) is 2.86. The van der Waals surface area contributed by atoms with Crippen LogP contribution >= 0.6 is 0 Å². The third-order valence-electron chi connectivity index (χ3n) is 3.80. The summed E-state index contributed by atoms with van der Waals surface area (Å²) in [7, 11) is 0. The fraction of sp³-hybridized carbons (Fsp3) is 0.571. The minimum Gasteiger partial charge on any atom is -0.459 e. The van der Waals surface area contributed by atoms with Gasteiger partial charge in [-0.1, -0.05) is 13.8 Å². The van der Waals surface area contributed by atoms with Crippen LogP contribution in [0.25, 0.3) is 0 Å². The van der Waals surface area contributed by atoms with Crippen molar-refractivity contribution < 1.29 is 13.9 Å². The zero-order valence-corrected chi connectivity index (χ0v) is 10.7. The number of pyridine rings is 1. The lowest BCUT2D eigenvalue weighted by Crippen LogP contribution is -2.29. The maximum absolute atomic E-state index is 13.3. The maximum atomic E-state index is 13.3. The highest BCUT2D eigenvalue weighted by atomic mass is 19.1. The molecule has 0 spiro atoms. The molecule has 0 radical (unpaired) electrons. The highest BCUT2D eigenvalue weighted by Gasteiger charge is 2.28. The zero-order chi connectivity index (χ0) is 13.1. The van der Waals surface area contributed by atoms with Crippen LogP contribution in [0.2, 0.25) is 0 Å². The Labute approximate surface area is 106 Å². The van der Waals surface area contributed by atoms with Crippen molar-refractivity contribution in [2.75, 3.05) is 0 Å². The number of rotatable bonds is 2. The van der Waals surface area contributed by atoms with Gasteiger partial charge < -0.3 is 4.74 Å². The topological polar surface area (TPSA) is 39.2 Å². The number of carbonyl (C=O) groups excluding carboxylic acids is 1. The summed E-state index contributed by atoms with van der Waals surface area (Å²) in [5, 5.41) is 0. The van der Waals surface area contributed by atoms with Gasteiger partial charge in [-0.05, 0) is 43.2 Å². The molecule has 1 aromatic rings. The number of hydrogen-bond donors (Lipinski definition) is 0. The molecule has 4 heteroatoms. The van der Waals surface area contributed by atoms with Crippen LogP contribution in [0.3, 0.4) is 0 Å². The van der Waals surface area contributed by atoms with Crippen LogP contribution in [0.4, 0.5) is 4.39 Å². The predicted molar refractivity (Wildman–Crippen MR) is 65.6 cm³/mol. The first kappa shape index (κ1) is 13.0. The Bertz CT molecular complexity index is 436. The van der Waals surface area contributed by atoms with E-state index in [1.54, 1.807) is 0 Å². The van der Waals surface area contributed by atoms with Gasteiger partial charge in [-0.3, -0.25) is 0 Å². The molecule has 0 amide bonds. The number of hydrogen-bond acceptors (Lipinski definition) is 3. The molecule has 0 N–H and O–H groups in total. The van der Waals surface area contributed by atoms with Crippen LogP contribution in [-0.4, -0.2) is 17.1 Å². The van der Waals surface area contributed by atoms with E-state index in [9.17, 15) is 9.18 Å². The van der Waals surface area contributed by atoms with Gasteiger partial charge >= 0.3 is 5.97 Å². The van der Waals surface area contributed by atoms with Gasteiger partial charge in [0.25, 0.3) is 0 Å². The van der Waals surface area contributed by atoms with Crippen molar-refractivity contribution in [2.24, 2.45) is 11.8 Å². The largest absolute Gasteiger partial charge is 0.459 e. The summed E-state index contributed by atoms with van der Waals surface area (Å²) in [5.74, 6) is -0.169. The van der Waals surface area contributed by atoms with Crippen molar-refractivity contribution in [3.05, 3.63) is 29.8 Å². The number of nitrogens with zero attached hydrogens (tertiary/aromatic N) is 1. The Kier molecular flexibility index (Phi) is 3.94. The minimum atomic E-state index is -0.764. The van der Waals surface area contributed by atoms with Crippen LogP contribution in [0.15, 0.2) is 18.3 Å².